The third-order valence-electron chi connectivity index (χ3n) is 3.05. The molecule has 124 valence electrons. The van der Waals surface area contributed by atoms with Crippen molar-refractivity contribution in [3.8, 4) is 5.88 Å². The van der Waals surface area contributed by atoms with Crippen LogP contribution in [0, 0.1) is 0 Å². The van der Waals surface area contributed by atoms with E-state index in [2.05, 4.69) is 10.3 Å². The zero-order valence-electron chi connectivity index (χ0n) is 12.8. The zero-order valence-corrected chi connectivity index (χ0v) is 14.3. The Morgan fingerprint density at radius 2 is 1.79 bits per heavy atom. The van der Waals surface area contributed by atoms with Crippen molar-refractivity contribution in [2.24, 2.45) is 0 Å². The molecule has 2 aromatic rings. The van der Waals surface area contributed by atoms with Gasteiger partial charge in [-0.25, -0.2) is 4.98 Å². The Balaban J connectivity index is 2.06. The molecule has 0 aliphatic heterocycles. The third kappa shape index (κ3) is 4.81. The van der Waals surface area contributed by atoms with Crippen molar-refractivity contribution in [2.75, 3.05) is 12.4 Å². The number of amides is 1. The first kappa shape index (κ1) is 18.0. The van der Waals surface area contributed by atoms with E-state index in [0.717, 1.165) is 5.56 Å². The summed E-state index contributed by atoms with van der Waals surface area (Å²) in [6, 6.07) is 12.2. The number of carbonyl (C=O) groups excluding carboxylic acids is 2. The van der Waals surface area contributed by atoms with E-state index in [1.165, 1.54) is 13.3 Å². The van der Waals surface area contributed by atoms with Gasteiger partial charge in [0.1, 0.15) is 10.1 Å². The van der Waals surface area contributed by atoms with E-state index in [1.54, 1.807) is 24.3 Å². The molecule has 0 fully saturated rings. The molecule has 1 aromatic heterocycles. The second-order valence-electron chi connectivity index (χ2n) is 4.76. The van der Waals surface area contributed by atoms with Gasteiger partial charge in [-0.1, -0.05) is 53.5 Å². The predicted molar refractivity (Wildman–Crippen MR) is 93.3 cm³/mol. The number of ether oxygens (including phenoxy) is 1. The topological polar surface area (TPSA) is 68.3 Å². The predicted octanol–water partition coefficient (Wildman–Crippen LogP) is 3.53. The van der Waals surface area contributed by atoms with Gasteiger partial charge in [-0.3, -0.25) is 9.59 Å². The molecule has 0 bridgehead atoms. The van der Waals surface area contributed by atoms with Crippen LogP contribution in [0.5, 0.6) is 5.88 Å². The van der Waals surface area contributed by atoms with E-state index in [0.29, 0.717) is 11.6 Å². The average molecular weight is 365 g/mol. The average Bonchev–Trinajstić information content (AvgIpc) is 2.61. The molecule has 24 heavy (non-hydrogen) atoms. The maximum atomic E-state index is 12.1. The zero-order chi connectivity index (χ0) is 17.5. The van der Waals surface area contributed by atoms with E-state index >= 15 is 0 Å². The van der Waals surface area contributed by atoms with Gasteiger partial charge in [-0.05, 0) is 11.6 Å². The molecule has 1 aromatic carbocycles. The van der Waals surface area contributed by atoms with Gasteiger partial charge in [-0.15, -0.1) is 0 Å². The first-order valence-corrected chi connectivity index (χ1v) is 7.70. The number of methoxy groups -OCH3 is 1. The Bertz CT molecular complexity index is 759. The van der Waals surface area contributed by atoms with Crippen molar-refractivity contribution in [3.05, 3.63) is 64.3 Å². The van der Waals surface area contributed by atoms with E-state index < -0.39 is 11.7 Å². The van der Waals surface area contributed by atoms with Gasteiger partial charge in [0.15, 0.2) is 5.78 Å². The van der Waals surface area contributed by atoms with Crippen LogP contribution in [0.3, 0.4) is 0 Å². The molecule has 0 atom stereocenters. The van der Waals surface area contributed by atoms with Crippen molar-refractivity contribution < 1.29 is 14.3 Å². The van der Waals surface area contributed by atoms with Crippen LogP contribution in [0.25, 0.3) is 0 Å². The molecule has 0 radical (unpaired) electrons. The Labute approximate surface area is 149 Å². The molecule has 1 N–H and O–H groups in total. The smallest absolute Gasteiger partial charge is 0.268 e. The van der Waals surface area contributed by atoms with Crippen molar-refractivity contribution in [2.45, 2.75) is 6.42 Å². The lowest BCUT2D eigenvalue weighted by molar-refractivity contribution is -0.115. The summed E-state index contributed by atoms with van der Waals surface area (Å²) < 4.78 is 4.92. The quantitative estimate of drug-likeness (QED) is 0.796. The van der Waals surface area contributed by atoms with Crippen LogP contribution in [0.4, 0.5) is 5.69 Å². The molecule has 0 aliphatic carbocycles. The first-order valence-electron chi connectivity index (χ1n) is 6.95. The van der Waals surface area contributed by atoms with E-state index in [-0.39, 0.29) is 16.5 Å². The number of nitrogens with one attached hydrogen (secondary N) is 1. The summed E-state index contributed by atoms with van der Waals surface area (Å²) in [6.07, 6.45) is 1.47. The standard InChI is InChI=1S/C17H14Cl2N2O3/c1-24-14-8-7-12(10-20-14)21-17(23)16(19)15(18)13(22)9-11-5-3-2-4-6-11/h2-8,10H,9H2,1H3,(H,21,23)/b16-15-. The number of rotatable bonds is 6. The number of ketones is 1. The Kier molecular flexibility index (Phi) is 6.35. The number of hydrogen-bond acceptors (Lipinski definition) is 4. The molecule has 0 saturated heterocycles. The van der Waals surface area contributed by atoms with Gasteiger partial charge >= 0.3 is 0 Å². The Hall–Kier alpha value is -2.37. The maximum Gasteiger partial charge on any atom is 0.268 e. The van der Waals surface area contributed by atoms with Crippen molar-refractivity contribution >= 4 is 40.6 Å². The highest BCUT2D eigenvalue weighted by Gasteiger charge is 2.18. The minimum atomic E-state index is -0.685. The van der Waals surface area contributed by atoms with Crippen molar-refractivity contribution in [1.29, 1.82) is 0 Å². The fourth-order valence-corrected chi connectivity index (χ4v) is 2.15. The number of anilines is 1. The molecule has 0 spiro atoms. The van der Waals surface area contributed by atoms with E-state index in [1.807, 2.05) is 18.2 Å². The summed E-state index contributed by atoms with van der Waals surface area (Å²) in [5.41, 5.74) is 1.18. The molecule has 0 saturated carbocycles. The van der Waals surface area contributed by atoms with Gasteiger partial charge in [0, 0.05) is 12.5 Å². The number of benzene rings is 1. The number of carbonyl (C=O) groups is 2. The molecule has 2 rings (SSSR count). The van der Waals surface area contributed by atoms with Crippen LogP contribution in [-0.4, -0.2) is 23.8 Å². The summed E-state index contributed by atoms with van der Waals surface area (Å²) in [6.45, 7) is 0. The molecule has 0 unspecified atom stereocenters. The molecule has 1 amide bonds. The van der Waals surface area contributed by atoms with Crippen LogP contribution in [0.15, 0.2) is 58.7 Å². The lowest BCUT2D eigenvalue weighted by Gasteiger charge is -2.06. The minimum Gasteiger partial charge on any atom is -0.481 e. The number of halogens is 2. The number of allylic oxidation sites excluding steroid dienone is 1. The normalized spacial score (nSPS) is 11.5. The largest absolute Gasteiger partial charge is 0.481 e. The molecule has 5 nitrogen and oxygen atoms in total. The van der Waals surface area contributed by atoms with Crippen LogP contribution < -0.4 is 10.1 Å². The van der Waals surface area contributed by atoms with Crippen molar-refractivity contribution in [1.82, 2.24) is 4.98 Å². The fourth-order valence-electron chi connectivity index (χ4n) is 1.84. The first-order chi connectivity index (χ1) is 11.5. The van der Waals surface area contributed by atoms with Gasteiger partial charge in [-0.2, -0.15) is 0 Å². The highest BCUT2D eigenvalue weighted by molar-refractivity contribution is 6.55. The number of nitrogens with zero attached hydrogens (tertiary/aromatic N) is 1. The molecular weight excluding hydrogens is 351 g/mol. The van der Waals surface area contributed by atoms with Crippen LogP contribution in [0.1, 0.15) is 5.56 Å². The highest BCUT2D eigenvalue weighted by atomic mass is 35.5. The van der Waals surface area contributed by atoms with Gasteiger partial charge in [0.05, 0.1) is 19.0 Å². The van der Waals surface area contributed by atoms with Gasteiger partial charge in [0.2, 0.25) is 5.88 Å². The molecule has 1 heterocycles. The second kappa shape index (κ2) is 8.47. The van der Waals surface area contributed by atoms with Crippen LogP contribution in [0.2, 0.25) is 0 Å². The summed E-state index contributed by atoms with van der Waals surface area (Å²) in [4.78, 5) is 28.1. The van der Waals surface area contributed by atoms with Gasteiger partial charge < -0.3 is 10.1 Å². The second-order valence-corrected chi connectivity index (χ2v) is 5.51. The lowest BCUT2D eigenvalue weighted by Crippen LogP contribution is -2.15. The third-order valence-corrected chi connectivity index (χ3v) is 3.90. The molecular formula is C17H14Cl2N2O3. The lowest BCUT2D eigenvalue weighted by atomic mass is 10.1. The summed E-state index contributed by atoms with van der Waals surface area (Å²) >= 11 is 11.9. The number of aromatic nitrogens is 1. The van der Waals surface area contributed by atoms with Crippen molar-refractivity contribution in [3.63, 3.8) is 0 Å². The minimum absolute atomic E-state index is 0.0628. The summed E-state index contributed by atoms with van der Waals surface area (Å²) in [5, 5.41) is 1.84. The highest BCUT2D eigenvalue weighted by Crippen LogP contribution is 2.20. The summed E-state index contributed by atoms with van der Waals surface area (Å²) in [7, 11) is 1.48. The maximum absolute atomic E-state index is 12.1. The Morgan fingerprint density at radius 1 is 1.08 bits per heavy atom. The van der Waals surface area contributed by atoms with E-state index in [9.17, 15) is 9.59 Å². The van der Waals surface area contributed by atoms with Crippen LogP contribution in [-0.2, 0) is 16.0 Å². The monoisotopic (exact) mass is 364 g/mol. The summed E-state index contributed by atoms with van der Waals surface area (Å²) in [5.74, 6) is -0.711. The fraction of sp³-hybridized carbons (Fsp3) is 0.118. The van der Waals surface area contributed by atoms with E-state index in [4.69, 9.17) is 27.9 Å². The van der Waals surface area contributed by atoms with Crippen LogP contribution >= 0.6 is 23.2 Å². The molecule has 7 heteroatoms. The molecule has 0 aliphatic rings. The SMILES string of the molecule is COc1ccc(NC(=O)/C(Cl)=C(/Cl)C(=O)Cc2ccccc2)cn1. The number of pyridine rings is 1. The Morgan fingerprint density at radius 3 is 2.38 bits per heavy atom. The number of hydrogen-bond donors (Lipinski definition) is 1. The van der Waals surface area contributed by atoms with Gasteiger partial charge in [0.25, 0.3) is 5.91 Å². The number of Topliss-reactive ketones (excluding diaryl/α,β-unsaturated/α-hetero) is 1.